The Morgan fingerprint density at radius 2 is 2.00 bits per heavy atom. The summed E-state index contributed by atoms with van der Waals surface area (Å²) in [6.07, 6.45) is 9.21. The minimum Gasteiger partial charge on any atom is -0.463 e. The Bertz CT molecular complexity index is 910. The number of rotatable bonds is 7. The van der Waals surface area contributed by atoms with Crippen molar-refractivity contribution in [3.8, 4) is 6.01 Å². The normalized spacial score (nSPS) is 21.4. The second-order valence-electron chi connectivity index (χ2n) is 9.21. The lowest BCUT2D eigenvalue weighted by Gasteiger charge is -2.32. The molecule has 0 bridgehead atoms. The molecule has 1 amide bonds. The summed E-state index contributed by atoms with van der Waals surface area (Å²) in [6.45, 7) is 4.83. The third kappa shape index (κ3) is 5.85. The Kier molecular flexibility index (Phi) is 6.39. The molecule has 0 aromatic carbocycles. The monoisotopic (exact) mass is 452 g/mol. The first-order valence-electron chi connectivity index (χ1n) is 11.1. The molecule has 1 saturated carbocycles. The van der Waals surface area contributed by atoms with Crippen LogP contribution in [0.3, 0.4) is 0 Å². The van der Waals surface area contributed by atoms with Gasteiger partial charge in [0.15, 0.2) is 0 Å². The molecule has 10 heteroatoms. The van der Waals surface area contributed by atoms with Gasteiger partial charge in [0, 0.05) is 44.4 Å². The molecule has 0 unspecified atom stereocenters. The highest BCUT2D eigenvalue weighted by atomic mass is 32.2. The van der Waals surface area contributed by atoms with Crippen LogP contribution in [0.25, 0.3) is 0 Å². The molecule has 3 heterocycles. The number of sulfonamides is 1. The van der Waals surface area contributed by atoms with E-state index < -0.39 is 10.0 Å². The molecule has 1 saturated heterocycles. The fraction of sp³-hybridized carbons (Fsp3) is 0.762. The fourth-order valence-corrected chi connectivity index (χ4v) is 4.91. The molecule has 2 fully saturated rings. The van der Waals surface area contributed by atoms with Crippen LogP contribution in [0.15, 0.2) is 6.20 Å². The topological polar surface area (TPSA) is 102 Å². The molecule has 0 radical (unpaired) electrons. The van der Waals surface area contributed by atoms with Crippen molar-refractivity contribution < 1.29 is 22.7 Å². The molecule has 0 spiro atoms. The molecular weight excluding hydrogens is 420 g/mol. The summed E-state index contributed by atoms with van der Waals surface area (Å²) in [6, 6.07) is 0.359. The number of piperidine rings is 1. The second kappa shape index (κ2) is 8.90. The van der Waals surface area contributed by atoms with Gasteiger partial charge in [-0.2, -0.15) is 9.29 Å². The zero-order valence-corrected chi connectivity index (χ0v) is 19.2. The van der Waals surface area contributed by atoms with Gasteiger partial charge in [0.1, 0.15) is 5.60 Å². The Morgan fingerprint density at radius 3 is 2.68 bits per heavy atom. The molecule has 172 valence electrons. The molecule has 2 aliphatic heterocycles. The zero-order chi connectivity index (χ0) is 22.1. The van der Waals surface area contributed by atoms with Gasteiger partial charge in [0.25, 0.3) is 0 Å². The summed E-state index contributed by atoms with van der Waals surface area (Å²) < 4.78 is 36.2. The standard InChI is InChI=1S/C21H32N4O5S/c1-21(8-9-21)30-20(26)24-10-5-16(6-11-24)4-3-13-29-19-22-14-17-15-25(31(2,27)28)12-7-18(17)23-19/h14,16H,3-13,15H2,1-2H3. The highest BCUT2D eigenvalue weighted by Crippen LogP contribution is 2.39. The molecule has 31 heavy (non-hydrogen) atoms. The third-order valence-electron chi connectivity index (χ3n) is 6.49. The molecule has 0 N–H and O–H groups in total. The van der Waals surface area contributed by atoms with E-state index in [1.807, 2.05) is 11.8 Å². The lowest BCUT2D eigenvalue weighted by molar-refractivity contribution is 0.0481. The van der Waals surface area contributed by atoms with Crippen LogP contribution in [0.1, 0.15) is 56.7 Å². The Labute approximate surface area is 184 Å². The van der Waals surface area contributed by atoms with E-state index in [-0.39, 0.29) is 11.7 Å². The van der Waals surface area contributed by atoms with Crippen molar-refractivity contribution >= 4 is 16.1 Å². The van der Waals surface area contributed by atoms with Crippen molar-refractivity contribution in [2.45, 2.75) is 64.0 Å². The highest BCUT2D eigenvalue weighted by Gasteiger charge is 2.43. The van der Waals surface area contributed by atoms with Gasteiger partial charge in [0.05, 0.1) is 18.6 Å². The van der Waals surface area contributed by atoms with Crippen molar-refractivity contribution in [3.05, 3.63) is 17.5 Å². The van der Waals surface area contributed by atoms with Gasteiger partial charge in [-0.3, -0.25) is 0 Å². The fourth-order valence-electron chi connectivity index (χ4n) is 4.12. The maximum absolute atomic E-state index is 12.2. The van der Waals surface area contributed by atoms with E-state index in [0.717, 1.165) is 62.9 Å². The summed E-state index contributed by atoms with van der Waals surface area (Å²) in [5.74, 6) is 0.593. The minimum atomic E-state index is -3.20. The molecule has 1 aromatic rings. The summed E-state index contributed by atoms with van der Waals surface area (Å²) in [7, 11) is -3.20. The van der Waals surface area contributed by atoms with Crippen LogP contribution < -0.4 is 4.74 Å². The van der Waals surface area contributed by atoms with Crippen LogP contribution in [-0.4, -0.2) is 71.8 Å². The van der Waals surface area contributed by atoms with Crippen LogP contribution >= 0.6 is 0 Å². The number of hydrogen-bond donors (Lipinski definition) is 0. The lowest BCUT2D eigenvalue weighted by Crippen LogP contribution is -2.40. The molecule has 1 aromatic heterocycles. The maximum Gasteiger partial charge on any atom is 0.410 e. The zero-order valence-electron chi connectivity index (χ0n) is 18.4. The summed E-state index contributed by atoms with van der Waals surface area (Å²) in [4.78, 5) is 22.7. The lowest BCUT2D eigenvalue weighted by atomic mass is 9.92. The van der Waals surface area contributed by atoms with Gasteiger partial charge in [-0.15, -0.1) is 0 Å². The third-order valence-corrected chi connectivity index (χ3v) is 7.74. The minimum absolute atomic E-state index is 0.161. The van der Waals surface area contributed by atoms with Crippen molar-refractivity contribution in [2.24, 2.45) is 5.92 Å². The molecular formula is C21H32N4O5S. The van der Waals surface area contributed by atoms with Crippen molar-refractivity contribution in [1.82, 2.24) is 19.2 Å². The van der Waals surface area contributed by atoms with Crippen LogP contribution in [0.4, 0.5) is 4.79 Å². The average molecular weight is 453 g/mol. The van der Waals surface area contributed by atoms with Crippen molar-refractivity contribution in [3.63, 3.8) is 0 Å². The number of nitrogens with zero attached hydrogens (tertiary/aromatic N) is 4. The van der Waals surface area contributed by atoms with Gasteiger partial charge in [0.2, 0.25) is 10.0 Å². The van der Waals surface area contributed by atoms with E-state index in [0.29, 0.717) is 38.0 Å². The van der Waals surface area contributed by atoms with Gasteiger partial charge in [-0.05, 0) is 51.4 Å². The Hall–Kier alpha value is -1.94. The Balaban J connectivity index is 1.15. The van der Waals surface area contributed by atoms with Crippen LogP contribution in [0.2, 0.25) is 0 Å². The molecule has 3 aliphatic rings. The number of fused-ring (bicyclic) bond motifs is 1. The Morgan fingerprint density at radius 1 is 1.26 bits per heavy atom. The van der Waals surface area contributed by atoms with Gasteiger partial charge >= 0.3 is 12.1 Å². The number of amides is 1. The van der Waals surface area contributed by atoms with Crippen LogP contribution in [-0.2, 0) is 27.7 Å². The summed E-state index contributed by atoms with van der Waals surface area (Å²) in [5, 5.41) is 0. The smallest absolute Gasteiger partial charge is 0.410 e. The van der Waals surface area contributed by atoms with E-state index in [1.54, 1.807) is 6.20 Å². The first-order chi connectivity index (χ1) is 14.7. The number of ether oxygens (including phenoxy) is 2. The van der Waals surface area contributed by atoms with E-state index in [1.165, 1.54) is 10.6 Å². The van der Waals surface area contributed by atoms with Crippen molar-refractivity contribution in [2.75, 3.05) is 32.5 Å². The van der Waals surface area contributed by atoms with E-state index in [4.69, 9.17) is 9.47 Å². The van der Waals surface area contributed by atoms with E-state index in [2.05, 4.69) is 9.97 Å². The predicted octanol–water partition coefficient (Wildman–Crippen LogP) is 2.35. The first-order valence-corrected chi connectivity index (χ1v) is 13.0. The molecule has 9 nitrogen and oxygen atoms in total. The second-order valence-corrected chi connectivity index (χ2v) is 11.2. The van der Waals surface area contributed by atoms with Gasteiger partial charge in [-0.25, -0.2) is 18.2 Å². The average Bonchev–Trinajstić information content (AvgIpc) is 3.47. The number of hydrogen-bond acceptors (Lipinski definition) is 7. The number of likely N-dealkylation sites (tertiary alicyclic amines) is 1. The molecule has 4 rings (SSSR count). The van der Waals surface area contributed by atoms with Gasteiger partial charge < -0.3 is 14.4 Å². The van der Waals surface area contributed by atoms with E-state index >= 15 is 0 Å². The van der Waals surface area contributed by atoms with Crippen LogP contribution in [0, 0.1) is 5.92 Å². The number of carbonyl (C=O) groups is 1. The van der Waals surface area contributed by atoms with Gasteiger partial charge in [-0.1, -0.05) is 0 Å². The largest absolute Gasteiger partial charge is 0.463 e. The van der Waals surface area contributed by atoms with Crippen LogP contribution in [0.5, 0.6) is 6.01 Å². The maximum atomic E-state index is 12.2. The summed E-state index contributed by atoms with van der Waals surface area (Å²) in [5.41, 5.74) is 1.49. The van der Waals surface area contributed by atoms with E-state index in [9.17, 15) is 13.2 Å². The van der Waals surface area contributed by atoms with Crippen molar-refractivity contribution in [1.29, 1.82) is 0 Å². The number of carbonyl (C=O) groups excluding carboxylic acids is 1. The highest BCUT2D eigenvalue weighted by molar-refractivity contribution is 7.88. The molecule has 0 atom stereocenters. The SMILES string of the molecule is CC1(OC(=O)N2CCC(CCCOc3ncc4c(n3)CCN(S(C)(=O)=O)C4)CC2)CC1. The summed E-state index contributed by atoms with van der Waals surface area (Å²) >= 11 is 0. The quantitative estimate of drug-likeness (QED) is 0.585. The molecule has 1 aliphatic carbocycles. The predicted molar refractivity (Wildman–Crippen MR) is 114 cm³/mol. The first kappa shape index (κ1) is 22.3. The number of aromatic nitrogens is 2.